The number of nitrogens with zero attached hydrogens (tertiary/aromatic N) is 3. The summed E-state index contributed by atoms with van der Waals surface area (Å²) < 4.78 is 0. The molecule has 0 radical (unpaired) electrons. The Hall–Kier alpha value is -2.96. The number of rotatable bonds is 6. The number of aromatic nitrogens is 1. The summed E-state index contributed by atoms with van der Waals surface area (Å²) in [6.45, 7) is 0.412. The Morgan fingerprint density at radius 3 is 2.52 bits per heavy atom. The first kappa shape index (κ1) is 16.4. The number of hydrogen-bond donors (Lipinski definition) is 1. The van der Waals surface area contributed by atoms with Gasteiger partial charge in [-0.2, -0.15) is 0 Å². The monoisotopic (exact) mass is 314 g/mol. The van der Waals surface area contributed by atoms with Gasteiger partial charge in [-0.05, 0) is 23.3 Å². The number of non-ortho nitro benzene ring substituents is 1. The standard InChI is InChI=1S/C16H18N4O3/c1-19(2)15-9-13(7-8-17-15)11-18-16(21)10-12-3-5-14(6-4-12)20(22)23/h3-9H,10-11H2,1-2H3,(H,18,21). The highest BCUT2D eigenvalue weighted by molar-refractivity contribution is 5.78. The minimum absolute atomic E-state index is 0.0159. The number of nitrogens with one attached hydrogen (secondary N) is 1. The second-order valence-corrected chi connectivity index (χ2v) is 5.29. The molecule has 0 spiro atoms. The lowest BCUT2D eigenvalue weighted by atomic mass is 10.1. The molecule has 1 heterocycles. The molecule has 0 fully saturated rings. The van der Waals surface area contributed by atoms with Crippen molar-refractivity contribution >= 4 is 17.4 Å². The van der Waals surface area contributed by atoms with Crippen molar-refractivity contribution in [2.75, 3.05) is 19.0 Å². The van der Waals surface area contributed by atoms with E-state index < -0.39 is 4.92 Å². The van der Waals surface area contributed by atoms with E-state index in [1.165, 1.54) is 12.1 Å². The molecule has 7 heteroatoms. The van der Waals surface area contributed by atoms with Crippen molar-refractivity contribution in [2.24, 2.45) is 0 Å². The first-order valence-electron chi connectivity index (χ1n) is 7.08. The van der Waals surface area contributed by atoms with Crippen LogP contribution in [0.5, 0.6) is 0 Å². The molecule has 1 aromatic heterocycles. The second-order valence-electron chi connectivity index (χ2n) is 5.29. The Balaban J connectivity index is 1.90. The zero-order valence-electron chi connectivity index (χ0n) is 13.0. The maximum atomic E-state index is 12.0. The van der Waals surface area contributed by atoms with Crippen molar-refractivity contribution in [2.45, 2.75) is 13.0 Å². The molecule has 0 saturated carbocycles. The van der Waals surface area contributed by atoms with Gasteiger partial charge < -0.3 is 10.2 Å². The third kappa shape index (κ3) is 4.77. The molecule has 2 aromatic rings. The highest BCUT2D eigenvalue weighted by atomic mass is 16.6. The summed E-state index contributed by atoms with van der Waals surface area (Å²) in [6.07, 6.45) is 1.89. The Morgan fingerprint density at radius 2 is 1.91 bits per heavy atom. The van der Waals surface area contributed by atoms with Crippen molar-refractivity contribution in [3.63, 3.8) is 0 Å². The van der Waals surface area contributed by atoms with Crippen LogP contribution in [0.15, 0.2) is 42.6 Å². The summed E-state index contributed by atoms with van der Waals surface area (Å²) in [5.74, 6) is 0.689. The van der Waals surface area contributed by atoms with Gasteiger partial charge in [0.2, 0.25) is 5.91 Å². The quantitative estimate of drug-likeness (QED) is 0.650. The van der Waals surface area contributed by atoms with E-state index in [0.29, 0.717) is 6.54 Å². The van der Waals surface area contributed by atoms with E-state index in [0.717, 1.165) is 16.9 Å². The average molecular weight is 314 g/mol. The van der Waals surface area contributed by atoms with Crippen LogP contribution in [0.3, 0.4) is 0 Å². The van der Waals surface area contributed by atoms with Crippen LogP contribution in [-0.2, 0) is 17.8 Å². The molecule has 1 N–H and O–H groups in total. The molecular formula is C16H18N4O3. The van der Waals surface area contributed by atoms with Crippen LogP contribution >= 0.6 is 0 Å². The molecule has 0 aliphatic carbocycles. The molecule has 1 amide bonds. The van der Waals surface area contributed by atoms with E-state index in [1.54, 1.807) is 18.3 Å². The van der Waals surface area contributed by atoms with Gasteiger partial charge in [-0.3, -0.25) is 14.9 Å². The zero-order valence-corrected chi connectivity index (χ0v) is 13.0. The van der Waals surface area contributed by atoms with Crippen LogP contribution in [0, 0.1) is 10.1 Å². The fourth-order valence-corrected chi connectivity index (χ4v) is 2.00. The fraction of sp³-hybridized carbons (Fsp3) is 0.250. The smallest absolute Gasteiger partial charge is 0.269 e. The van der Waals surface area contributed by atoms with Crippen molar-refractivity contribution in [3.8, 4) is 0 Å². The van der Waals surface area contributed by atoms with Crippen molar-refractivity contribution in [1.82, 2.24) is 10.3 Å². The zero-order chi connectivity index (χ0) is 16.8. The van der Waals surface area contributed by atoms with Crippen LogP contribution in [0.2, 0.25) is 0 Å². The molecular weight excluding hydrogens is 296 g/mol. The first-order chi connectivity index (χ1) is 11.0. The number of anilines is 1. The summed E-state index contributed by atoms with van der Waals surface area (Å²) in [5, 5.41) is 13.4. The summed E-state index contributed by atoms with van der Waals surface area (Å²) in [6, 6.07) is 9.73. The number of hydrogen-bond acceptors (Lipinski definition) is 5. The van der Waals surface area contributed by atoms with Crippen LogP contribution in [0.25, 0.3) is 0 Å². The van der Waals surface area contributed by atoms with E-state index in [9.17, 15) is 14.9 Å². The average Bonchev–Trinajstić information content (AvgIpc) is 2.53. The second kappa shape index (κ2) is 7.35. The van der Waals surface area contributed by atoms with Gasteiger partial charge in [-0.25, -0.2) is 4.98 Å². The Labute approximate surface area is 134 Å². The van der Waals surface area contributed by atoms with Gasteiger partial charge in [-0.15, -0.1) is 0 Å². The summed E-state index contributed by atoms with van der Waals surface area (Å²) in [7, 11) is 3.80. The lowest BCUT2D eigenvalue weighted by Crippen LogP contribution is -2.24. The molecule has 23 heavy (non-hydrogen) atoms. The maximum absolute atomic E-state index is 12.0. The number of carbonyl (C=O) groups is 1. The van der Waals surface area contributed by atoms with Crippen molar-refractivity contribution in [1.29, 1.82) is 0 Å². The SMILES string of the molecule is CN(C)c1cc(CNC(=O)Cc2ccc([N+](=O)[O-])cc2)ccn1. The highest BCUT2D eigenvalue weighted by Crippen LogP contribution is 2.12. The minimum atomic E-state index is -0.463. The summed E-state index contributed by atoms with van der Waals surface area (Å²) >= 11 is 0. The molecule has 120 valence electrons. The molecule has 0 atom stereocenters. The van der Waals surface area contributed by atoms with Gasteiger partial charge in [0.15, 0.2) is 0 Å². The Bertz CT molecular complexity index is 699. The normalized spacial score (nSPS) is 10.2. The lowest BCUT2D eigenvalue weighted by Gasteiger charge is -2.12. The number of pyridine rings is 1. The van der Waals surface area contributed by atoms with Gasteiger partial charge in [-0.1, -0.05) is 12.1 Å². The lowest BCUT2D eigenvalue weighted by molar-refractivity contribution is -0.384. The third-order valence-electron chi connectivity index (χ3n) is 3.27. The number of nitro benzene ring substituents is 1. The van der Waals surface area contributed by atoms with E-state index in [1.807, 2.05) is 31.1 Å². The number of amides is 1. The van der Waals surface area contributed by atoms with Gasteiger partial charge in [0.1, 0.15) is 5.82 Å². The van der Waals surface area contributed by atoms with Crippen LogP contribution in [-0.4, -0.2) is 29.9 Å². The first-order valence-corrected chi connectivity index (χ1v) is 7.08. The third-order valence-corrected chi connectivity index (χ3v) is 3.27. The van der Waals surface area contributed by atoms with E-state index >= 15 is 0 Å². The van der Waals surface area contributed by atoms with Crippen molar-refractivity contribution < 1.29 is 9.72 Å². The summed E-state index contributed by atoms with van der Waals surface area (Å²) in [5.41, 5.74) is 1.71. The van der Waals surface area contributed by atoms with Crippen molar-refractivity contribution in [3.05, 3.63) is 63.8 Å². The summed E-state index contributed by atoms with van der Waals surface area (Å²) in [4.78, 5) is 28.2. The molecule has 2 rings (SSSR count). The molecule has 0 bridgehead atoms. The van der Waals surface area contributed by atoms with E-state index in [-0.39, 0.29) is 18.0 Å². The van der Waals surface area contributed by atoms with E-state index in [2.05, 4.69) is 10.3 Å². The predicted octanol–water partition coefficient (Wildman–Crippen LogP) is 1.91. The molecule has 1 aromatic carbocycles. The molecule has 7 nitrogen and oxygen atoms in total. The maximum Gasteiger partial charge on any atom is 0.269 e. The number of carbonyl (C=O) groups excluding carboxylic acids is 1. The molecule has 0 unspecified atom stereocenters. The van der Waals surface area contributed by atoms with E-state index in [4.69, 9.17) is 0 Å². The van der Waals surface area contributed by atoms with Gasteiger partial charge in [0, 0.05) is 39.0 Å². The minimum Gasteiger partial charge on any atom is -0.363 e. The van der Waals surface area contributed by atoms with Crippen LogP contribution in [0.1, 0.15) is 11.1 Å². The molecule has 0 aliphatic heterocycles. The van der Waals surface area contributed by atoms with Gasteiger partial charge in [0.05, 0.1) is 11.3 Å². The highest BCUT2D eigenvalue weighted by Gasteiger charge is 2.07. The van der Waals surface area contributed by atoms with Crippen LogP contribution < -0.4 is 10.2 Å². The Morgan fingerprint density at radius 1 is 1.22 bits per heavy atom. The Kier molecular flexibility index (Phi) is 5.24. The largest absolute Gasteiger partial charge is 0.363 e. The number of benzene rings is 1. The van der Waals surface area contributed by atoms with Gasteiger partial charge >= 0.3 is 0 Å². The number of nitro groups is 1. The topological polar surface area (TPSA) is 88.4 Å². The molecule has 0 saturated heterocycles. The fourth-order valence-electron chi connectivity index (χ4n) is 2.00. The molecule has 0 aliphatic rings. The van der Waals surface area contributed by atoms with Crippen LogP contribution in [0.4, 0.5) is 11.5 Å². The predicted molar refractivity (Wildman–Crippen MR) is 87.2 cm³/mol. The van der Waals surface area contributed by atoms with Gasteiger partial charge in [0.25, 0.3) is 5.69 Å².